The minimum absolute atomic E-state index is 0.0603. The summed E-state index contributed by atoms with van der Waals surface area (Å²) in [6.45, 7) is 3.93. The Hall–Kier alpha value is -3.26. The molecule has 0 saturated carbocycles. The van der Waals surface area contributed by atoms with E-state index in [0.717, 1.165) is 24.8 Å². The van der Waals surface area contributed by atoms with Gasteiger partial charge in [-0.05, 0) is 42.2 Å². The van der Waals surface area contributed by atoms with Crippen molar-refractivity contribution < 1.29 is 22.3 Å². The summed E-state index contributed by atoms with van der Waals surface area (Å²) in [5, 5.41) is 0. The predicted octanol–water partition coefficient (Wildman–Crippen LogP) is 7.24. The molecule has 4 rings (SSSR count). The second-order valence-electron chi connectivity index (χ2n) is 7.91. The Balaban J connectivity index is 1.69. The average molecular weight is 438 g/mol. The van der Waals surface area contributed by atoms with Crippen molar-refractivity contribution in [2.45, 2.75) is 46.0 Å². The van der Waals surface area contributed by atoms with Crippen LogP contribution in [0.3, 0.4) is 0 Å². The standard InChI is InChI=1S/C27H22F4O/c1-3-5-16-7-8-17(22(28)13-16)9-11-19-14-21-15-20-12-10-18(6-4-2)24(30)26(20)32-27(21)25(31)23(19)29/h7-8,10,12-14H,3-6,15H2,1-2H3. The van der Waals surface area contributed by atoms with Crippen molar-refractivity contribution in [2.75, 3.05) is 0 Å². The van der Waals surface area contributed by atoms with Gasteiger partial charge in [-0.2, -0.15) is 4.39 Å². The molecule has 32 heavy (non-hydrogen) atoms. The first kappa shape index (κ1) is 22.0. The Morgan fingerprint density at radius 1 is 0.750 bits per heavy atom. The van der Waals surface area contributed by atoms with Crippen LogP contribution in [-0.4, -0.2) is 0 Å². The highest BCUT2D eigenvalue weighted by Gasteiger charge is 2.28. The van der Waals surface area contributed by atoms with Gasteiger partial charge < -0.3 is 4.74 Å². The smallest absolute Gasteiger partial charge is 0.202 e. The molecule has 1 aliphatic rings. The highest BCUT2D eigenvalue weighted by atomic mass is 19.2. The third kappa shape index (κ3) is 4.10. The van der Waals surface area contributed by atoms with Crippen LogP contribution in [0.25, 0.3) is 0 Å². The monoisotopic (exact) mass is 438 g/mol. The van der Waals surface area contributed by atoms with Gasteiger partial charge in [0, 0.05) is 17.5 Å². The number of benzene rings is 3. The molecule has 1 aliphatic heterocycles. The van der Waals surface area contributed by atoms with Crippen LogP contribution >= 0.6 is 0 Å². The Kier molecular flexibility index (Phi) is 6.23. The Morgan fingerprint density at radius 3 is 2.19 bits per heavy atom. The number of hydrogen-bond donors (Lipinski definition) is 0. The van der Waals surface area contributed by atoms with E-state index in [4.69, 9.17) is 4.74 Å². The van der Waals surface area contributed by atoms with Gasteiger partial charge in [0.05, 0.1) is 11.1 Å². The van der Waals surface area contributed by atoms with Crippen LogP contribution in [-0.2, 0) is 19.3 Å². The molecular weight excluding hydrogens is 416 g/mol. The molecule has 3 aromatic carbocycles. The van der Waals surface area contributed by atoms with Crippen LogP contribution in [0.5, 0.6) is 11.5 Å². The second kappa shape index (κ2) is 9.08. The maximum atomic E-state index is 14.8. The van der Waals surface area contributed by atoms with E-state index in [1.54, 1.807) is 18.2 Å². The summed E-state index contributed by atoms with van der Waals surface area (Å²) in [5.74, 6) is 1.27. The molecule has 1 nitrogen and oxygen atoms in total. The molecule has 164 valence electrons. The molecule has 0 saturated heterocycles. The maximum absolute atomic E-state index is 14.8. The van der Waals surface area contributed by atoms with Crippen LogP contribution in [0.4, 0.5) is 17.6 Å². The van der Waals surface area contributed by atoms with Gasteiger partial charge in [-0.1, -0.05) is 56.7 Å². The van der Waals surface area contributed by atoms with Gasteiger partial charge in [-0.15, -0.1) is 0 Å². The van der Waals surface area contributed by atoms with E-state index < -0.39 is 23.3 Å². The lowest BCUT2D eigenvalue weighted by Crippen LogP contribution is -2.10. The van der Waals surface area contributed by atoms with E-state index in [9.17, 15) is 17.6 Å². The zero-order valence-corrected chi connectivity index (χ0v) is 17.9. The van der Waals surface area contributed by atoms with E-state index >= 15 is 0 Å². The van der Waals surface area contributed by atoms with E-state index in [1.807, 2.05) is 13.8 Å². The normalized spacial score (nSPS) is 11.8. The van der Waals surface area contributed by atoms with Gasteiger partial charge in [0.15, 0.2) is 23.1 Å². The summed E-state index contributed by atoms with van der Waals surface area (Å²) >= 11 is 0. The Bertz CT molecular complexity index is 1250. The fourth-order valence-corrected chi connectivity index (χ4v) is 3.89. The topological polar surface area (TPSA) is 9.23 Å². The predicted molar refractivity (Wildman–Crippen MR) is 116 cm³/mol. The molecule has 1 heterocycles. The molecule has 0 bridgehead atoms. The van der Waals surface area contributed by atoms with E-state index in [1.165, 1.54) is 18.2 Å². The number of rotatable bonds is 4. The zero-order chi connectivity index (χ0) is 22.8. The Morgan fingerprint density at radius 2 is 1.47 bits per heavy atom. The summed E-state index contributed by atoms with van der Waals surface area (Å²) in [6, 6.07) is 9.53. The van der Waals surface area contributed by atoms with Crippen molar-refractivity contribution in [1.29, 1.82) is 0 Å². The van der Waals surface area contributed by atoms with Gasteiger partial charge in [-0.25, -0.2) is 13.2 Å². The summed E-state index contributed by atoms with van der Waals surface area (Å²) in [4.78, 5) is 0. The summed E-state index contributed by atoms with van der Waals surface area (Å²) in [7, 11) is 0. The van der Waals surface area contributed by atoms with Gasteiger partial charge in [0.25, 0.3) is 0 Å². The first-order valence-corrected chi connectivity index (χ1v) is 10.7. The van der Waals surface area contributed by atoms with Crippen LogP contribution in [0, 0.1) is 35.1 Å². The lowest BCUT2D eigenvalue weighted by molar-refractivity contribution is 0.379. The third-order valence-electron chi connectivity index (χ3n) is 5.51. The number of ether oxygens (including phenoxy) is 1. The SMILES string of the molecule is CCCc1ccc(C#Cc2cc3c(c(F)c2F)Oc2c(ccc(CCC)c2F)C3)c(F)c1. The second-order valence-corrected chi connectivity index (χ2v) is 7.91. The number of halogens is 4. The van der Waals surface area contributed by atoms with Gasteiger partial charge in [0.2, 0.25) is 5.82 Å². The summed E-state index contributed by atoms with van der Waals surface area (Å²) in [6.07, 6.45) is 3.09. The van der Waals surface area contributed by atoms with Gasteiger partial charge in [-0.3, -0.25) is 0 Å². The van der Waals surface area contributed by atoms with Crippen LogP contribution < -0.4 is 4.74 Å². The third-order valence-corrected chi connectivity index (χ3v) is 5.51. The lowest BCUT2D eigenvalue weighted by atomic mass is 9.95. The zero-order valence-electron chi connectivity index (χ0n) is 17.9. The minimum Gasteiger partial charge on any atom is -0.450 e. The number of fused-ring (bicyclic) bond motifs is 2. The molecule has 0 atom stereocenters. The first-order valence-electron chi connectivity index (χ1n) is 10.7. The lowest BCUT2D eigenvalue weighted by Gasteiger charge is -2.22. The molecule has 0 unspecified atom stereocenters. The molecule has 3 aromatic rings. The average Bonchev–Trinajstić information content (AvgIpc) is 2.78. The molecule has 0 spiro atoms. The minimum atomic E-state index is -1.23. The van der Waals surface area contributed by atoms with E-state index in [0.29, 0.717) is 23.1 Å². The molecular formula is C27H22F4O. The first-order chi connectivity index (χ1) is 15.4. The fourth-order valence-electron chi connectivity index (χ4n) is 3.89. The van der Waals surface area contributed by atoms with Gasteiger partial charge in [0.1, 0.15) is 5.82 Å². The number of hydrogen-bond acceptors (Lipinski definition) is 1. The largest absolute Gasteiger partial charge is 0.450 e. The van der Waals surface area contributed by atoms with Crippen molar-refractivity contribution in [2.24, 2.45) is 0 Å². The van der Waals surface area contributed by atoms with E-state index in [-0.39, 0.29) is 29.0 Å². The van der Waals surface area contributed by atoms with Crippen LogP contribution in [0.2, 0.25) is 0 Å². The highest BCUT2D eigenvalue weighted by Crippen LogP contribution is 2.42. The Labute approximate surface area is 185 Å². The summed E-state index contributed by atoms with van der Waals surface area (Å²) in [5.41, 5.74) is 2.15. The summed E-state index contributed by atoms with van der Waals surface area (Å²) < 4.78 is 64.0. The maximum Gasteiger partial charge on any atom is 0.202 e. The molecule has 0 fully saturated rings. The van der Waals surface area contributed by atoms with Crippen molar-refractivity contribution >= 4 is 0 Å². The van der Waals surface area contributed by atoms with Crippen molar-refractivity contribution in [3.63, 3.8) is 0 Å². The van der Waals surface area contributed by atoms with Crippen molar-refractivity contribution in [3.8, 4) is 23.3 Å². The van der Waals surface area contributed by atoms with E-state index in [2.05, 4.69) is 11.8 Å². The number of aryl methyl sites for hydroxylation is 2. The van der Waals surface area contributed by atoms with Crippen molar-refractivity contribution in [3.05, 3.63) is 93.0 Å². The highest BCUT2D eigenvalue weighted by molar-refractivity contribution is 5.56. The molecule has 0 aliphatic carbocycles. The van der Waals surface area contributed by atoms with Crippen molar-refractivity contribution in [1.82, 2.24) is 0 Å². The molecule has 0 N–H and O–H groups in total. The molecule has 0 radical (unpaired) electrons. The van der Waals surface area contributed by atoms with Gasteiger partial charge >= 0.3 is 0 Å². The quantitative estimate of drug-likeness (QED) is 0.241. The van der Waals surface area contributed by atoms with Crippen LogP contribution in [0.15, 0.2) is 36.4 Å². The fraction of sp³-hybridized carbons (Fsp3) is 0.259. The molecule has 0 aromatic heterocycles. The van der Waals surface area contributed by atoms with Crippen LogP contribution in [0.1, 0.15) is 60.1 Å². The molecule has 0 amide bonds. The molecule has 5 heteroatoms.